The Hall–Kier alpha value is -1.55. The minimum Gasteiger partial charge on any atom is -0.497 e. The van der Waals surface area contributed by atoms with Crippen molar-refractivity contribution < 1.29 is 9.53 Å². The summed E-state index contributed by atoms with van der Waals surface area (Å²) in [7, 11) is 1.68. The number of carbonyl (C=O) groups excluding carboxylic acids is 1. The number of hydrogen-bond acceptors (Lipinski definition) is 3. The predicted octanol–water partition coefficient (Wildman–Crippen LogP) is 2.06. The minimum atomic E-state index is 0.289. The molecule has 2 aliphatic heterocycles. The van der Waals surface area contributed by atoms with E-state index in [2.05, 4.69) is 17.0 Å². The molecule has 1 aromatic rings. The second kappa shape index (κ2) is 5.83. The van der Waals surface area contributed by atoms with Crippen LogP contribution in [0.4, 0.5) is 0 Å². The van der Waals surface area contributed by atoms with Gasteiger partial charge < -0.3 is 9.64 Å². The van der Waals surface area contributed by atoms with Crippen molar-refractivity contribution >= 4 is 5.91 Å². The molecule has 0 N–H and O–H groups in total. The number of likely N-dealkylation sites (tertiary alicyclic amines) is 2. The van der Waals surface area contributed by atoms with Crippen LogP contribution in [0.3, 0.4) is 0 Å². The minimum absolute atomic E-state index is 0.289. The van der Waals surface area contributed by atoms with Gasteiger partial charge in [0.1, 0.15) is 5.75 Å². The standard InChI is InChI=1S/C16H22N2O2/c1-20-14-7-5-13(6-8-14)15-4-2-9-18(15)12-16(19)17-10-3-11-17/h5-8,15H,2-4,9-12H2,1H3/t15-/m0/s1. The molecule has 2 fully saturated rings. The highest BCUT2D eigenvalue weighted by Crippen LogP contribution is 2.32. The van der Waals surface area contributed by atoms with Crippen LogP contribution in [0.1, 0.15) is 30.9 Å². The third kappa shape index (κ3) is 2.66. The van der Waals surface area contributed by atoms with E-state index in [0.29, 0.717) is 12.6 Å². The molecule has 4 heteroatoms. The maximum absolute atomic E-state index is 12.1. The Morgan fingerprint density at radius 1 is 1.20 bits per heavy atom. The van der Waals surface area contributed by atoms with Crippen molar-refractivity contribution in [2.24, 2.45) is 0 Å². The Balaban J connectivity index is 1.66. The first-order chi connectivity index (χ1) is 9.78. The molecule has 108 valence electrons. The molecule has 0 bridgehead atoms. The monoisotopic (exact) mass is 274 g/mol. The van der Waals surface area contributed by atoms with Gasteiger partial charge in [-0.05, 0) is 43.5 Å². The Labute approximate surface area is 120 Å². The van der Waals surface area contributed by atoms with E-state index >= 15 is 0 Å². The molecule has 0 saturated carbocycles. The third-order valence-corrected chi connectivity index (χ3v) is 4.41. The molecule has 2 aliphatic rings. The molecule has 0 spiro atoms. The molecule has 3 rings (SSSR count). The number of carbonyl (C=O) groups is 1. The van der Waals surface area contributed by atoms with Crippen molar-refractivity contribution in [3.8, 4) is 5.75 Å². The lowest BCUT2D eigenvalue weighted by molar-refractivity contribution is -0.136. The summed E-state index contributed by atoms with van der Waals surface area (Å²) in [4.78, 5) is 16.4. The van der Waals surface area contributed by atoms with Gasteiger partial charge in [0.2, 0.25) is 5.91 Å². The van der Waals surface area contributed by atoms with E-state index in [9.17, 15) is 4.79 Å². The number of methoxy groups -OCH3 is 1. The molecule has 1 amide bonds. The van der Waals surface area contributed by atoms with Gasteiger partial charge in [-0.3, -0.25) is 9.69 Å². The molecule has 2 saturated heterocycles. The average Bonchev–Trinajstić information content (AvgIpc) is 2.85. The first-order valence-electron chi connectivity index (χ1n) is 7.44. The smallest absolute Gasteiger partial charge is 0.236 e. The van der Waals surface area contributed by atoms with Gasteiger partial charge in [0.25, 0.3) is 0 Å². The highest BCUT2D eigenvalue weighted by molar-refractivity contribution is 5.79. The van der Waals surface area contributed by atoms with E-state index in [1.165, 1.54) is 12.0 Å². The highest BCUT2D eigenvalue weighted by atomic mass is 16.5. The number of ether oxygens (including phenoxy) is 1. The fraction of sp³-hybridized carbons (Fsp3) is 0.562. The van der Waals surface area contributed by atoms with Crippen LogP contribution in [0, 0.1) is 0 Å². The van der Waals surface area contributed by atoms with Gasteiger partial charge in [0.15, 0.2) is 0 Å². The van der Waals surface area contributed by atoms with Crippen LogP contribution in [-0.2, 0) is 4.79 Å². The van der Waals surface area contributed by atoms with Crippen LogP contribution in [0.15, 0.2) is 24.3 Å². The van der Waals surface area contributed by atoms with Crippen LogP contribution >= 0.6 is 0 Å². The van der Waals surface area contributed by atoms with E-state index in [-0.39, 0.29) is 5.91 Å². The lowest BCUT2D eigenvalue weighted by atomic mass is 10.0. The van der Waals surface area contributed by atoms with Crippen LogP contribution in [-0.4, -0.2) is 49.0 Å². The van der Waals surface area contributed by atoms with Crippen LogP contribution in [0.25, 0.3) is 0 Å². The second-order valence-electron chi connectivity index (χ2n) is 5.64. The zero-order valence-corrected chi connectivity index (χ0v) is 12.0. The van der Waals surface area contributed by atoms with Gasteiger partial charge in [-0.15, -0.1) is 0 Å². The van der Waals surface area contributed by atoms with Crippen LogP contribution < -0.4 is 4.74 Å². The summed E-state index contributed by atoms with van der Waals surface area (Å²) in [5.74, 6) is 1.17. The summed E-state index contributed by atoms with van der Waals surface area (Å²) >= 11 is 0. The first-order valence-corrected chi connectivity index (χ1v) is 7.44. The summed E-state index contributed by atoms with van der Waals surface area (Å²) in [6.07, 6.45) is 3.47. The van der Waals surface area contributed by atoms with Crippen molar-refractivity contribution in [1.82, 2.24) is 9.80 Å². The van der Waals surface area contributed by atoms with Crippen molar-refractivity contribution in [3.63, 3.8) is 0 Å². The number of amides is 1. The Morgan fingerprint density at radius 3 is 2.55 bits per heavy atom. The first kappa shape index (κ1) is 13.4. The lowest BCUT2D eigenvalue weighted by Crippen LogP contribution is -2.47. The summed E-state index contributed by atoms with van der Waals surface area (Å²) in [5.41, 5.74) is 1.29. The predicted molar refractivity (Wildman–Crippen MR) is 77.7 cm³/mol. The second-order valence-corrected chi connectivity index (χ2v) is 5.64. The van der Waals surface area contributed by atoms with Crippen LogP contribution in [0.2, 0.25) is 0 Å². The van der Waals surface area contributed by atoms with E-state index < -0.39 is 0 Å². The lowest BCUT2D eigenvalue weighted by Gasteiger charge is -2.33. The molecule has 0 aromatic heterocycles. The fourth-order valence-electron chi connectivity index (χ4n) is 3.06. The largest absolute Gasteiger partial charge is 0.497 e. The number of nitrogens with zero attached hydrogens (tertiary/aromatic N) is 2. The quantitative estimate of drug-likeness (QED) is 0.842. The topological polar surface area (TPSA) is 32.8 Å². The molecule has 0 aliphatic carbocycles. The molecule has 0 unspecified atom stereocenters. The van der Waals surface area contributed by atoms with E-state index in [1.54, 1.807) is 7.11 Å². The highest BCUT2D eigenvalue weighted by Gasteiger charge is 2.30. The molecule has 20 heavy (non-hydrogen) atoms. The van der Waals surface area contributed by atoms with Gasteiger partial charge in [-0.1, -0.05) is 12.1 Å². The summed E-state index contributed by atoms with van der Waals surface area (Å²) < 4.78 is 5.20. The van der Waals surface area contributed by atoms with Crippen molar-refractivity contribution in [2.75, 3.05) is 33.3 Å². The van der Waals surface area contributed by atoms with Crippen molar-refractivity contribution in [1.29, 1.82) is 0 Å². The maximum Gasteiger partial charge on any atom is 0.236 e. The summed E-state index contributed by atoms with van der Waals surface area (Å²) in [6, 6.07) is 8.63. The molecule has 2 heterocycles. The van der Waals surface area contributed by atoms with Gasteiger partial charge in [0, 0.05) is 19.1 Å². The van der Waals surface area contributed by atoms with E-state index in [0.717, 1.165) is 38.2 Å². The third-order valence-electron chi connectivity index (χ3n) is 4.41. The zero-order valence-electron chi connectivity index (χ0n) is 12.0. The Kier molecular flexibility index (Phi) is 3.92. The fourth-order valence-corrected chi connectivity index (χ4v) is 3.06. The molecular formula is C16H22N2O2. The number of benzene rings is 1. The summed E-state index contributed by atoms with van der Waals surface area (Å²) in [5, 5.41) is 0. The van der Waals surface area contributed by atoms with Gasteiger partial charge in [0.05, 0.1) is 13.7 Å². The van der Waals surface area contributed by atoms with Crippen molar-refractivity contribution in [3.05, 3.63) is 29.8 Å². The normalized spacial score (nSPS) is 22.6. The molecule has 1 atom stereocenters. The maximum atomic E-state index is 12.1. The van der Waals surface area contributed by atoms with Crippen LogP contribution in [0.5, 0.6) is 5.75 Å². The molecule has 1 aromatic carbocycles. The SMILES string of the molecule is COc1ccc([C@@H]2CCCN2CC(=O)N2CCC2)cc1. The zero-order chi connectivity index (χ0) is 13.9. The van der Waals surface area contributed by atoms with E-state index in [1.807, 2.05) is 17.0 Å². The summed E-state index contributed by atoms with van der Waals surface area (Å²) in [6.45, 7) is 3.48. The van der Waals surface area contributed by atoms with Crippen molar-refractivity contribution in [2.45, 2.75) is 25.3 Å². The number of rotatable bonds is 4. The number of hydrogen-bond donors (Lipinski definition) is 0. The van der Waals surface area contributed by atoms with Gasteiger partial charge in [-0.2, -0.15) is 0 Å². The average molecular weight is 274 g/mol. The molecule has 0 radical (unpaired) electrons. The Morgan fingerprint density at radius 2 is 1.95 bits per heavy atom. The Bertz CT molecular complexity index is 468. The van der Waals surface area contributed by atoms with Gasteiger partial charge >= 0.3 is 0 Å². The molecular weight excluding hydrogens is 252 g/mol. The molecule has 4 nitrogen and oxygen atoms in total. The van der Waals surface area contributed by atoms with E-state index in [4.69, 9.17) is 4.74 Å². The van der Waals surface area contributed by atoms with Gasteiger partial charge in [-0.25, -0.2) is 0 Å².